The molecule has 4 rings (SSSR count). The summed E-state index contributed by atoms with van der Waals surface area (Å²) in [7, 11) is 4.30. The largest absolute Gasteiger partial charge is 0.468 e. The molecule has 1 aromatic heterocycles. The molecular weight excluding hydrogens is 402 g/mol. The SMILES string of the molecule is COCCn1c(C)cc2c(c1=O)C1(C(=O)N(C)c3ccccc31)C(C(=O)OC)C(=N)O2. The predicted octanol–water partition coefficient (Wildman–Crippen LogP) is 1.22. The Kier molecular flexibility index (Phi) is 4.93. The van der Waals surface area contributed by atoms with Gasteiger partial charge in [-0.1, -0.05) is 18.2 Å². The Labute approximate surface area is 178 Å². The summed E-state index contributed by atoms with van der Waals surface area (Å²) >= 11 is 0. The molecule has 3 heterocycles. The number of carbonyl (C=O) groups excluding carboxylic acids is 2. The summed E-state index contributed by atoms with van der Waals surface area (Å²) < 4.78 is 17.2. The van der Waals surface area contributed by atoms with Gasteiger partial charge in [0.05, 0.1) is 19.3 Å². The van der Waals surface area contributed by atoms with Gasteiger partial charge < -0.3 is 23.7 Å². The van der Waals surface area contributed by atoms with Crippen LogP contribution in [-0.2, 0) is 31.0 Å². The number of amides is 1. The molecule has 0 aliphatic carbocycles. The molecule has 9 heteroatoms. The van der Waals surface area contributed by atoms with Crippen molar-refractivity contribution in [3.63, 3.8) is 0 Å². The zero-order chi connectivity index (χ0) is 22.5. The highest BCUT2D eigenvalue weighted by Crippen LogP contribution is 2.54. The van der Waals surface area contributed by atoms with Gasteiger partial charge in [0, 0.05) is 38.1 Å². The molecule has 0 saturated carbocycles. The van der Waals surface area contributed by atoms with Gasteiger partial charge in [0.2, 0.25) is 11.8 Å². The highest BCUT2D eigenvalue weighted by molar-refractivity contribution is 6.18. The number of rotatable bonds is 4. The third-order valence-electron chi connectivity index (χ3n) is 6.07. The first-order valence-electron chi connectivity index (χ1n) is 9.76. The van der Waals surface area contributed by atoms with E-state index in [9.17, 15) is 14.4 Å². The smallest absolute Gasteiger partial charge is 0.319 e. The molecule has 1 aromatic carbocycles. The van der Waals surface area contributed by atoms with Crippen LogP contribution in [0.2, 0.25) is 0 Å². The van der Waals surface area contributed by atoms with Crippen molar-refractivity contribution in [1.82, 2.24) is 4.57 Å². The highest BCUT2D eigenvalue weighted by atomic mass is 16.5. The van der Waals surface area contributed by atoms with E-state index in [2.05, 4.69) is 0 Å². The van der Waals surface area contributed by atoms with E-state index in [0.717, 1.165) is 0 Å². The van der Waals surface area contributed by atoms with E-state index < -0.39 is 34.7 Å². The first-order chi connectivity index (χ1) is 14.8. The number of carbonyl (C=O) groups is 2. The second-order valence-corrected chi connectivity index (χ2v) is 7.59. The van der Waals surface area contributed by atoms with Gasteiger partial charge >= 0.3 is 5.97 Å². The van der Waals surface area contributed by atoms with Gasteiger partial charge in [-0.2, -0.15) is 0 Å². The molecule has 9 nitrogen and oxygen atoms in total. The number of hydrogen-bond acceptors (Lipinski definition) is 7. The number of benzene rings is 1. The van der Waals surface area contributed by atoms with Crippen molar-refractivity contribution in [3.8, 4) is 5.75 Å². The van der Waals surface area contributed by atoms with Crippen LogP contribution in [0.4, 0.5) is 5.69 Å². The number of para-hydroxylation sites is 1. The van der Waals surface area contributed by atoms with Crippen LogP contribution in [0.3, 0.4) is 0 Å². The van der Waals surface area contributed by atoms with Crippen molar-refractivity contribution < 1.29 is 23.8 Å². The van der Waals surface area contributed by atoms with E-state index in [1.54, 1.807) is 44.3 Å². The van der Waals surface area contributed by atoms with Crippen LogP contribution >= 0.6 is 0 Å². The summed E-state index contributed by atoms with van der Waals surface area (Å²) in [6.45, 7) is 2.28. The Balaban J connectivity index is 2.15. The Morgan fingerprint density at radius 3 is 2.65 bits per heavy atom. The van der Waals surface area contributed by atoms with Crippen molar-refractivity contribution in [2.45, 2.75) is 18.9 Å². The van der Waals surface area contributed by atoms with Gasteiger partial charge in [-0.25, -0.2) is 0 Å². The van der Waals surface area contributed by atoms with Crippen LogP contribution in [0.15, 0.2) is 35.1 Å². The van der Waals surface area contributed by atoms with Gasteiger partial charge in [-0.05, 0) is 18.6 Å². The number of hydrogen-bond donors (Lipinski definition) is 1. The minimum Gasteiger partial charge on any atom is -0.468 e. The normalized spacial score (nSPS) is 21.7. The van der Waals surface area contributed by atoms with Crippen LogP contribution in [-0.4, -0.2) is 50.2 Å². The number of nitrogens with one attached hydrogen (secondary N) is 1. The number of aromatic nitrogens is 1. The molecule has 1 N–H and O–H groups in total. The number of aryl methyl sites for hydroxylation is 1. The third-order valence-corrected chi connectivity index (χ3v) is 6.07. The van der Waals surface area contributed by atoms with Gasteiger partial charge in [0.1, 0.15) is 11.2 Å². The van der Waals surface area contributed by atoms with E-state index in [0.29, 0.717) is 16.9 Å². The molecule has 0 saturated heterocycles. The molecule has 0 radical (unpaired) electrons. The molecule has 2 atom stereocenters. The third kappa shape index (κ3) is 2.66. The Bertz CT molecular complexity index is 1170. The highest BCUT2D eigenvalue weighted by Gasteiger charge is 2.65. The maximum absolute atomic E-state index is 13.8. The summed E-state index contributed by atoms with van der Waals surface area (Å²) in [5, 5.41) is 8.48. The number of pyridine rings is 1. The molecule has 162 valence electrons. The number of fused-ring (bicyclic) bond motifs is 4. The first-order valence-corrected chi connectivity index (χ1v) is 9.76. The lowest BCUT2D eigenvalue weighted by atomic mass is 9.64. The molecule has 1 amide bonds. The van der Waals surface area contributed by atoms with Crippen LogP contribution in [0.1, 0.15) is 16.8 Å². The topological polar surface area (TPSA) is 111 Å². The van der Waals surface area contributed by atoms with Crippen molar-refractivity contribution in [1.29, 1.82) is 5.41 Å². The van der Waals surface area contributed by atoms with Crippen molar-refractivity contribution >= 4 is 23.5 Å². The average Bonchev–Trinajstić information content (AvgIpc) is 2.96. The maximum atomic E-state index is 13.8. The van der Waals surface area contributed by atoms with E-state index in [-0.39, 0.29) is 24.5 Å². The summed E-state index contributed by atoms with van der Waals surface area (Å²) in [5.41, 5.74) is -0.582. The fourth-order valence-corrected chi connectivity index (χ4v) is 4.67. The summed E-state index contributed by atoms with van der Waals surface area (Å²) in [5.74, 6) is -3.09. The average molecular weight is 425 g/mol. The monoisotopic (exact) mass is 425 g/mol. The van der Waals surface area contributed by atoms with Crippen LogP contribution in [0.5, 0.6) is 5.75 Å². The fourth-order valence-electron chi connectivity index (χ4n) is 4.67. The molecule has 2 aliphatic heterocycles. The van der Waals surface area contributed by atoms with Crippen LogP contribution < -0.4 is 15.2 Å². The Morgan fingerprint density at radius 1 is 1.26 bits per heavy atom. The van der Waals surface area contributed by atoms with E-state index in [1.165, 1.54) is 23.7 Å². The number of methoxy groups -OCH3 is 2. The quantitative estimate of drug-likeness (QED) is 0.738. The number of anilines is 1. The lowest BCUT2D eigenvalue weighted by Gasteiger charge is -2.39. The minimum absolute atomic E-state index is 0.0300. The summed E-state index contributed by atoms with van der Waals surface area (Å²) in [6, 6.07) is 8.56. The van der Waals surface area contributed by atoms with Gasteiger partial charge in [-0.15, -0.1) is 0 Å². The van der Waals surface area contributed by atoms with E-state index >= 15 is 0 Å². The van der Waals surface area contributed by atoms with E-state index in [1.807, 2.05) is 0 Å². The second kappa shape index (κ2) is 7.35. The molecule has 2 unspecified atom stereocenters. The van der Waals surface area contributed by atoms with Crippen molar-refractivity contribution in [2.75, 3.05) is 32.8 Å². The number of likely N-dealkylation sites (N-methyl/N-ethyl adjacent to an activating group) is 1. The van der Waals surface area contributed by atoms with Gasteiger partial charge in [0.25, 0.3) is 5.56 Å². The lowest BCUT2D eigenvalue weighted by molar-refractivity contribution is -0.147. The molecule has 2 aromatic rings. The number of ether oxygens (including phenoxy) is 3. The molecule has 1 spiro atoms. The number of esters is 1. The van der Waals surface area contributed by atoms with Crippen molar-refractivity contribution in [2.24, 2.45) is 5.92 Å². The molecular formula is C22H23N3O6. The summed E-state index contributed by atoms with van der Waals surface area (Å²) in [4.78, 5) is 41.9. The minimum atomic E-state index is -1.76. The Hall–Kier alpha value is -3.46. The molecule has 31 heavy (non-hydrogen) atoms. The molecule has 0 bridgehead atoms. The van der Waals surface area contributed by atoms with Gasteiger partial charge in [-0.3, -0.25) is 19.8 Å². The lowest BCUT2D eigenvalue weighted by Crippen LogP contribution is -2.58. The first kappa shape index (κ1) is 20.8. The van der Waals surface area contributed by atoms with Crippen LogP contribution in [0, 0.1) is 18.3 Å². The predicted molar refractivity (Wildman–Crippen MR) is 112 cm³/mol. The van der Waals surface area contributed by atoms with Gasteiger partial charge in [0.15, 0.2) is 5.92 Å². The maximum Gasteiger partial charge on any atom is 0.319 e. The van der Waals surface area contributed by atoms with Crippen molar-refractivity contribution in [3.05, 3.63) is 57.5 Å². The fraction of sp³-hybridized carbons (Fsp3) is 0.364. The summed E-state index contributed by atoms with van der Waals surface area (Å²) in [6.07, 6.45) is 0. The number of nitrogens with zero attached hydrogens (tertiary/aromatic N) is 2. The molecule has 0 fully saturated rings. The molecule has 2 aliphatic rings. The van der Waals surface area contributed by atoms with Crippen LogP contribution in [0.25, 0.3) is 0 Å². The zero-order valence-corrected chi connectivity index (χ0v) is 17.7. The standard InChI is InChI=1S/C22H23N3O6/c1-12-11-15-16(19(26)25(12)9-10-29-3)22(17(18(23)31-15)20(27)30-4)13-7-5-6-8-14(13)24(2)21(22)28/h5-8,11,17,23H,9-10H2,1-4H3. The van der Waals surface area contributed by atoms with E-state index in [4.69, 9.17) is 19.6 Å². The zero-order valence-electron chi connectivity index (χ0n) is 17.7. The Morgan fingerprint density at radius 2 is 1.97 bits per heavy atom. The second-order valence-electron chi connectivity index (χ2n) is 7.59.